The minimum atomic E-state index is -0.451. The van der Waals surface area contributed by atoms with Crippen LogP contribution >= 0.6 is 23.2 Å². The number of nitrogens with one attached hydrogen (secondary N) is 1. The molecule has 0 aliphatic carbocycles. The molecule has 0 unspecified atom stereocenters. The van der Waals surface area contributed by atoms with Gasteiger partial charge in [-0.15, -0.1) is 0 Å². The summed E-state index contributed by atoms with van der Waals surface area (Å²) in [5.41, 5.74) is 0.940. The van der Waals surface area contributed by atoms with Crippen LogP contribution in [0.25, 0.3) is 11.3 Å². The first-order chi connectivity index (χ1) is 12.4. The lowest BCUT2D eigenvalue weighted by Gasteiger charge is -2.09. The van der Waals surface area contributed by atoms with E-state index >= 15 is 0 Å². The average Bonchev–Trinajstić information content (AvgIpc) is 2.60. The molecule has 3 rings (SSSR count). The molecule has 1 amide bonds. The van der Waals surface area contributed by atoms with Gasteiger partial charge in [-0.2, -0.15) is 0 Å². The van der Waals surface area contributed by atoms with Crippen LogP contribution in [0.4, 0.5) is 10.1 Å². The number of benzene rings is 2. The van der Waals surface area contributed by atoms with Crippen LogP contribution in [0.2, 0.25) is 10.0 Å². The third kappa shape index (κ3) is 4.28. The largest absolute Gasteiger partial charge is 0.323 e. The Morgan fingerprint density at radius 3 is 2.54 bits per heavy atom. The maximum atomic E-state index is 13.0. The molecular formula is C18H12Cl2FN3O2. The zero-order valence-corrected chi connectivity index (χ0v) is 14.8. The molecule has 0 aliphatic rings. The highest BCUT2D eigenvalue weighted by atomic mass is 35.5. The van der Waals surface area contributed by atoms with E-state index in [1.807, 2.05) is 0 Å². The molecule has 5 nitrogen and oxygen atoms in total. The first-order valence-electron chi connectivity index (χ1n) is 7.50. The van der Waals surface area contributed by atoms with E-state index in [-0.39, 0.29) is 12.4 Å². The van der Waals surface area contributed by atoms with Crippen LogP contribution in [0.5, 0.6) is 0 Å². The van der Waals surface area contributed by atoms with E-state index in [0.29, 0.717) is 27.0 Å². The Morgan fingerprint density at radius 1 is 1.12 bits per heavy atom. The summed E-state index contributed by atoms with van der Waals surface area (Å²) < 4.78 is 14.1. The predicted octanol–water partition coefficient (Wildman–Crippen LogP) is 3.99. The molecule has 0 radical (unpaired) electrons. The summed E-state index contributed by atoms with van der Waals surface area (Å²) >= 11 is 11.9. The molecular weight excluding hydrogens is 380 g/mol. The number of carbonyl (C=O) groups excluding carboxylic acids is 1. The number of hydrogen-bond acceptors (Lipinski definition) is 3. The van der Waals surface area contributed by atoms with Gasteiger partial charge in [-0.3, -0.25) is 14.2 Å². The van der Waals surface area contributed by atoms with Crippen molar-refractivity contribution < 1.29 is 9.18 Å². The second-order valence-corrected chi connectivity index (χ2v) is 6.26. The first-order valence-corrected chi connectivity index (χ1v) is 8.25. The zero-order valence-electron chi connectivity index (χ0n) is 13.2. The van der Waals surface area contributed by atoms with Crippen molar-refractivity contribution in [2.24, 2.45) is 0 Å². The molecule has 0 fully saturated rings. The van der Waals surface area contributed by atoms with Crippen molar-refractivity contribution in [3.05, 3.63) is 81.1 Å². The number of hydrogen-bond donors (Lipinski definition) is 1. The van der Waals surface area contributed by atoms with Crippen molar-refractivity contribution in [1.29, 1.82) is 0 Å². The molecule has 0 atom stereocenters. The quantitative estimate of drug-likeness (QED) is 0.730. The summed E-state index contributed by atoms with van der Waals surface area (Å²) in [6.07, 6.45) is 1.26. The van der Waals surface area contributed by atoms with Gasteiger partial charge in [0.05, 0.1) is 22.7 Å². The number of amides is 1. The first kappa shape index (κ1) is 18.1. The molecule has 0 saturated heterocycles. The molecule has 0 bridgehead atoms. The molecule has 132 valence electrons. The Kier molecular flexibility index (Phi) is 5.35. The van der Waals surface area contributed by atoms with Crippen LogP contribution in [0.15, 0.2) is 59.7 Å². The van der Waals surface area contributed by atoms with Crippen LogP contribution in [-0.2, 0) is 11.3 Å². The van der Waals surface area contributed by atoms with Gasteiger partial charge in [0.15, 0.2) is 0 Å². The van der Waals surface area contributed by atoms with Crippen molar-refractivity contribution in [2.75, 3.05) is 5.32 Å². The molecule has 8 heteroatoms. The summed E-state index contributed by atoms with van der Waals surface area (Å²) in [7, 11) is 0. The highest BCUT2D eigenvalue weighted by Crippen LogP contribution is 2.25. The van der Waals surface area contributed by atoms with Crippen molar-refractivity contribution in [3.63, 3.8) is 0 Å². The average molecular weight is 392 g/mol. The fourth-order valence-corrected chi connectivity index (χ4v) is 2.60. The minimum Gasteiger partial charge on any atom is -0.323 e. The highest BCUT2D eigenvalue weighted by Gasteiger charge is 2.10. The Balaban J connectivity index is 1.75. The third-order valence-corrected chi connectivity index (χ3v) is 4.10. The van der Waals surface area contributed by atoms with E-state index in [9.17, 15) is 14.0 Å². The SMILES string of the molecule is O=C(Cn1cnc(-c2ccc(F)cc2)cc1=O)Nc1cc(Cl)ccc1Cl. The maximum absolute atomic E-state index is 13.0. The van der Waals surface area contributed by atoms with Crippen LogP contribution in [0.3, 0.4) is 0 Å². The molecule has 26 heavy (non-hydrogen) atoms. The van der Waals surface area contributed by atoms with Crippen LogP contribution in [-0.4, -0.2) is 15.5 Å². The lowest BCUT2D eigenvalue weighted by Crippen LogP contribution is -2.27. The number of nitrogens with zero attached hydrogens (tertiary/aromatic N) is 2. The van der Waals surface area contributed by atoms with Gasteiger partial charge >= 0.3 is 0 Å². The second kappa shape index (κ2) is 7.68. The third-order valence-electron chi connectivity index (χ3n) is 3.54. The van der Waals surface area contributed by atoms with Crippen molar-refractivity contribution in [2.45, 2.75) is 6.54 Å². The summed E-state index contributed by atoms with van der Waals surface area (Å²) in [5.74, 6) is -0.828. The van der Waals surface area contributed by atoms with Crippen LogP contribution in [0, 0.1) is 5.82 Å². The Morgan fingerprint density at radius 2 is 1.85 bits per heavy atom. The van der Waals surface area contributed by atoms with E-state index in [2.05, 4.69) is 10.3 Å². The van der Waals surface area contributed by atoms with E-state index in [4.69, 9.17) is 23.2 Å². The molecule has 1 heterocycles. The fourth-order valence-electron chi connectivity index (χ4n) is 2.26. The van der Waals surface area contributed by atoms with Gasteiger partial charge in [-0.05, 0) is 42.5 Å². The van der Waals surface area contributed by atoms with Crippen molar-refractivity contribution in [1.82, 2.24) is 9.55 Å². The lowest BCUT2D eigenvalue weighted by atomic mass is 10.1. The molecule has 0 saturated carbocycles. The van der Waals surface area contributed by atoms with Gasteiger partial charge in [0.2, 0.25) is 5.91 Å². The smallest absolute Gasteiger partial charge is 0.254 e. The van der Waals surface area contributed by atoms with Crippen molar-refractivity contribution in [3.8, 4) is 11.3 Å². The molecule has 0 spiro atoms. The normalized spacial score (nSPS) is 10.6. The number of halogens is 3. The number of rotatable bonds is 4. The standard InChI is InChI=1S/C18H12Cl2FN3O2/c19-12-3-6-14(20)16(7-12)23-17(25)9-24-10-22-15(8-18(24)26)11-1-4-13(21)5-2-11/h1-8,10H,9H2,(H,23,25). The van der Waals surface area contributed by atoms with Gasteiger partial charge in [-0.25, -0.2) is 9.37 Å². The Labute approximate surface area is 158 Å². The maximum Gasteiger partial charge on any atom is 0.254 e. The van der Waals surface area contributed by atoms with Crippen LogP contribution in [0.1, 0.15) is 0 Å². The van der Waals surface area contributed by atoms with E-state index in [1.54, 1.807) is 12.1 Å². The van der Waals surface area contributed by atoms with Crippen molar-refractivity contribution >= 4 is 34.8 Å². The summed E-state index contributed by atoms with van der Waals surface area (Å²) in [6.45, 7) is -0.238. The number of anilines is 1. The molecule has 1 N–H and O–H groups in total. The van der Waals surface area contributed by atoms with Gasteiger partial charge in [0, 0.05) is 16.7 Å². The van der Waals surface area contributed by atoms with Gasteiger partial charge < -0.3 is 5.32 Å². The van der Waals surface area contributed by atoms with Crippen LogP contribution < -0.4 is 10.9 Å². The zero-order chi connectivity index (χ0) is 18.7. The monoisotopic (exact) mass is 391 g/mol. The number of carbonyl (C=O) groups is 1. The van der Waals surface area contributed by atoms with Gasteiger partial charge in [0.1, 0.15) is 12.4 Å². The Bertz CT molecular complexity index is 1020. The molecule has 0 aliphatic heterocycles. The minimum absolute atomic E-state index is 0.238. The van der Waals surface area contributed by atoms with E-state index < -0.39 is 11.5 Å². The van der Waals surface area contributed by atoms with E-state index in [1.165, 1.54) is 42.7 Å². The molecule has 3 aromatic rings. The second-order valence-electron chi connectivity index (χ2n) is 5.42. The summed E-state index contributed by atoms with van der Waals surface area (Å²) in [5, 5.41) is 3.35. The highest BCUT2D eigenvalue weighted by molar-refractivity contribution is 6.35. The van der Waals surface area contributed by atoms with Gasteiger partial charge in [0.25, 0.3) is 5.56 Å². The van der Waals surface area contributed by atoms with Gasteiger partial charge in [-0.1, -0.05) is 23.2 Å². The fraction of sp³-hybridized carbons (Fsp3) is 0.0556. The topological polar surface area (TPSA) is 64.0 Å². The summed E-state index contributed by atoms with van der Waals surface area (Å²) in [6, 6.07) is 11.6. The Hall–Kier alpha value is -2.70. The molecule has 2 aromatic carbocycles. The van der Waals surface area contributed by atoms with E-state index in [0.717, 1.165) is 4.57 Å². The summed E-state index contributed by atoms with van der Waals surface area (Å²) in [4.78, 5) is 28.5. The number of aromatic nitrogens is 2. The predicted molar refractivity (Wildman–Crippen MR) is 99.0 cm³/mol. The lowest BCUT2D eigenvalue weighted by molar-refractivity contribution is -0.116. The molecule has 1 aromatic heterocycles.